The molecule has 8 nitrogen and oxygen atoms in total. The van der Waals surface area contributed by atoms with E-state index in [1.807, 2.05) is 30.3 Å². The van der Waals surface area contributed by atoms with Crippen LogP contribution in [-0.4, -0.2) is 41.5 Å². The molecule has 0 radical (unpaired) electrons. The lowest BCUT2D eigenvalue weighted by molar-refractivity contribution is 0.371. The minimum atomic E-state index is -0.0894. The molecule has 1 aromatic heterocycles. The average Bonchev–Trinajstić information content (AvgIpc) is 3.21. The third-order valence-corrected chi connectivity index (χ3v) is 4.86. The van der Waals surface area contributed by atoms with Gasteiger partial charge in [-0.25, -0.2) is 4.68 Å². The van der Waals surface area contributed by atoms with E-state index in [1.54, 1.807) is 26.0 Å². The van der Waals surface area contributed by atoms with Crippen molar-refractivity contribution < 1.29 is 14.2 Å². The number of methoxy groups -OCH3 is 3. The van der Waals surface area contributed by atoms with Gasteiger partial charge in [-0.15, -0.1) is 0 Å². The van der Waals surface area contributed by atoms with Gasteiger partial charge in [-0.05, 0) is 52.7 Å². The lowest BCUT2D eigenvalue weighted by Gasteiger charge is -2.31. The monoisotopic (exact) mass is 367 g/mol. The van der Waals surface area contributed by atoms with Gasteiger partial charge >= 0.3 is 0 Å². The second-order valence-corrected chi connectivity index (χ2v) is 6.28. The van der Waals surface area contributed by atoms with Crippen molar-refractivity contribution in [3.05, 3.63) is 53.6 Å². The Bertz CT molecular complexity index is 925. The molecule has 0 bridgehead atoms. The van der Waals surface area contributed by atoms with Gasteiger partial charge in [-0.2, -0.15) is 0 Å². The Kier molecular flexibility index (Phi) is 4.53. The number of hydrogen-bond acceptors (Lipinski definition) is 7. The Morgan fingerprint density at radius 1 is 0.963 bits per heavy atom. The highest BCUT2D eigenvalue weighted by Gasteiger charge is 2.32. The Labute approximate surface area is 157 Å². The molecule has 3 aromatic rings. The maximum atomic E-state index is 5.59. The lowest BCUT2D eigenvalue weighted by atomic mass is 9.92. The second kappa shape index (κ2) is 7.14. The summed E-state index contributed by atoms with van der Waals surface area (Å²) in [5.41, 5.74) is 2.11. The second-order valence-electron chi connectivity index (χ2n) is 6.28. The van der Waals surface area contributed by atoms with E-state index in [1.165, 1.54) is 0 Å². The van der Waals surface area contributed by atoms with Crippen LogP contribution in [0.4, 0.5) is 5.95 Å². The zero-order valence-corrected chi connectivity index (χ0v) is 15.4. The number of aromatic nitrogens is 4. The van der Waals surface area contributed by atoms with Crippen molar-refractivity contribution in [2.45, 2.75) is 18.5 Å². The fraction of sp³-hybridized carbons (Fsp3) is 0.316. The van der Waals surface area contributed by atoms with Crippen LogP contribution >= 0.6 is 0 Å². The zero-order chi connectivity index (χ0) is 18.8. The molecule has 0 fully saturated rings. The van der Waals surface area contributed by atoms with Gasteiger partial charge in [0, 0.05) is 5.56 Å². The number of benzene rings is 2. The molecule has 27 heavy (non-hydrogen) atoms. The molecule has 1 N–H and O–H groups in total. The number of nitrogens with zero attached hydrogens (tertiary/aromatic N) is 4. The van der Waals surface area contributed by atoms with E-state index in [0.717, 1.165) is 34.8 Å². The third-order valence-electron chi connectivity index (χ3n) is 4.86. The SMILES string of the molecule is COc1ccc([C@@H]2C[C@@H](c3cc(OC)ccc3OC)n3nnnc3N2)cc1. The standard InChI is InChI=1S/C19H21N5O3/c1-25-13-6-4-12(5-7-13)16-11-17(24-19(20-16)21-22-23-24)15-10-14(26-2)8-9-18(15)27-3/h4-10,16-17H,11H2,1-3H3,(H,20,21,23)/t16-,17-/m0/s1. The first-order valence-corrected chi connectivity index (χ1v) is 8.63. The molecule has 140 valence electrons. The van der Waals surface area contributed by atoms with Gasteiger partial charge in [-0.3, -0.25) is 0 Å². The van der Waals surface area contributed by atoms with Gasteiger partial charge in [0.2, 0.25) is 5.95 Å². The molecule has 1 aliphatic rings. The summed E-state index contributed by atoms with van der Waals surface area (Å²) in [6.45, 7) is 0. The number of ether oxygens (including phenoxy) is 3. The van der Waals surface area contributed by atoms with Gasteiger partial charge in [0.25, 0.3) is 0 Å². The van der Waals surface area contributed by atoms with Crippen molar-refractivity contribution in [1.82, 2.24) is 20.2 Å². The first kappa shape index (κ1) is 17.1. The number of fused-ring (bicyclic) bond motifs is 1. The molecular formula is C19H21N5O3. The summed E-state index contributed by atoms with van der Waals surface area (Å²) in [7, 11) is 4.97. The maximum absolute atomic E-state index is 5.59. The number of tetrazole rings is 1. The minimum absolute atomic E-state index is 0.0512. The zero-order valence-electron chi connectivity index (χ0n) is 15.4. The quantitative estimate of drug-likeness (QED) is 0.742. The fourth-order valence-electron chi connectivity index (χ4n) is 3.45. The van der Waals surface area contributed by atoms with Crippen molar-refractivity contribution >= 4 is 5.95 Å². The maximum Gasteiger partial charge on any atom is 0.243 e. The number of rotatable bonds is 5. The van der Waals surface area contributed by atoms with Crippen LogP contribution in [-0.2, 0) is 0 Å². The van der Waals surface area contributed by atoms with E-state index < -0.39 is 0 Å². The van der Waals surface area contributed by atoms with E-state index in [0.29, 0.717) is 5.95 Å². The molecule has 0 amide bonds. The van der Waals surface area contributed by atoms with Crippen LogP contribution in [0, 0.1) is 0 Å². The summed E-state index contributed by atoms with van der Waals surface area (Å²) < 4.78 is 18.0. The van der Waals surface area contributed by atoms with E-state index in [2.05, 4.69) is 33.0 Å². The summed E-state index contributed by atoms with van der Waals surface area (Å²) in [5.74, 6) is 2.99. The van der Waals surface area contributed by atoms with Gasteiger partial charge in [0.1, 0.15) is 17.2 Å². The van der Waals surface area contributed by atoms with Crippen LogP contribution in [0.15, 0.2) is 42.5 Å². The van der Waals surface area contributed by atoms with E-state index >= 15 is 0 Å². The minimum Gasteiger partial charge on any atom is -0.497 e. The van der Waals surface area contributed by atoms with Crippen LogP contribution in [0.3, 0.4) is 0 Å². The van der Waals surface area contributed by atoms with Gasteiger partial charge in [-0.1, -0.05) is 17.2 Å². The largest absolute Gasteiger partial charge is 0.497 e. The number of hydrogen-bond donors (Lipinski definition) is 1. The first-order chi connectivity index (χ1) is 13.2. The van der Waals surface area contributed by atoms with Gasteiger partial charge < -0.3 is 19.5 Å². The highest BCUT2D eigenvalue weighted by Crippen LogP contribution is 2.41. The van der Waals surface area contributed by atoms with Crippen LogP contribution in [0.2, 0.25) is 0 Å². The third kappa shape index (κ3) is 3.14. The summed E-state index contributed by atoms with van der Waals surface area (Å²) in [6, 6.07) is 13.7. The molecule has 0 spiro atoms. The molecule has 2 heterocycles. The van der Waals surface area contributed by atoms with Crippen LogP contribution in [0.1, 0.15) is 29.6 Å². The predicted octanol–water partition coefficient (Wildman–Crippen LogP) is 2.85. The molecule has 0 unspecified atom stereocenters. The number of nitrogens with one attached hydrogen (secondary N) is 1. The molecular weight excluding hydrogens is 346 g/mol. The van der Waals surface area contributed by atoms with Crippen LogP contribution in [0.25, 0.3) is 0 Å². The Balaban J connectivity index is 1.74. The van der Waals surface area contributed by atoms with E-state index in [9.17, 15) is 0 Å². The van der Waals surface area contributed by atoms with Crippen molar-refractivity contribution in [3.63, 3.8) is 0 Å². The molecule has 0 saturated heterocycles. The van der Waals surface area contributed by atoms with Gasteiger partial charge in [0.15, 0.2) is 0 Å². The van der Waals surface area contributed by atoms with Crippen molar-refractivity contribution in [3.8, 4) is 17.2 Å². The summed E-state index contributed by atoms with van der Waals surface area (Å²) >= 11 is 0. The van der Waals surface area contributed by atoms with E-state index in [4.69, 9.17) is 14.2 Å². The van der Waals surface area contributed by atoms with Crippen molar-refractivity contribution in [2.75, 3.05) is 26.6 Å². The average molecular weight is 367 g/mol. The van der Waals surface area contributed by atoms with E-state index in [-0.39, 0.29) is 12.1 Å². The Morgan fingerprint density at radius 3 is 2.41 bits per heavy atom. The normalized spacial score (nSPS) is 18.3. The fourth-order valence-corrected chi connectivity index (χ4v) is 3.45. The molecule has 0 saturated carbocycles. The molecule has 4 rings (SSSR count). The van der Waals surface area contributed by atoms with Gasteiger partial charge in [0.05, 0.1) is 33.4 Å². The number of anilines is 1. The first-order valence-electron chi connectivity index (χ1n) is 8.63. The highest BCUT2D eigenvalue weighted by atomic mass is 16.5. The highest BCUT2D eigenvalue weighted by molar-refractivity contribution is 5.46. The van der Waals surface area contributed by atoms with Crippen molar-refractivity contribution in [1.29, 1.82) is 0 Å². The Morgan fingerprint density at radius 2 is 1.70 bits per heavy atom. The van der Waals surface area contributed by atoms with Crippen LogP contribution < -0.4 is 19.5 Å². The Hall–Kier alpha value is -3.29. The molecule has 8 heteroatoms. The molecule has 1 aliphatic heterocycles. The summed E-state index contributed by atoms with van der Waals surface area (Å²) in [4.78, 5) is 0. The topological polar surface area (TPSA) is 83.3 Å². The molecule has 2 atom stereocenters. The molecule has 0 aliphatic carbocycles. The molecule has 2 aromatic carbocycles. The summed E-state index contributed by atoms with van der Waals surface area (Å²) in [5, 5.41) is 15.6. The predicted molar refractivity (Wildman–Crippen MR) is 99.5 cm³/mol. The van der Waals surface area contributed by atoms with Crippen LogP contribution in [0.5, 0.6) is 17.2 Å². The smallest absolute Gasteiger partial charge is 0.243 e. The lowest BCUT2D eigenvalue weighted by Crippen LogP contribution is -2.28. The van der Waals surface area contributed by atoms with Crippen molar-refractivity contribution in [2.24, 2.45) is 0 Å². The summed E-state index contributed by atoms with van der Waals surface area (Å²) in [6.07, 6.45) is 0.758.